The van der Waals surface area contributed by atoms with Crippen LogP contribution in [0.1, 0.15) is 25.0 Å². The molecule has 162 valence electrons. The van der Waals surface area contributed by atoms with Crippen molar-refractivity contribution in [2.24, 2.45) is 0 Å². The minimum Gasteiger partial charge on any atom is -0.488 e. The summed E-state index contributed by atoms with van der Waals surface area (Å²) in [5.74, 6) is -0.697. The van der Waals surface area contributed by atoms with Crippen molar-refractivity contribution in [2.45, 2.75) is 20.5 Å². The molecule has 1 fully saturated rings. The van der Waals surface area contributed by atoms with E-state index < -0.39 is 11.1 Å². The Hall–Kier alpha value is -3.13. The normalized spacial score (nSPS) is 14.9. The fraction of sp³-hybridized carbons (Fsp3) is 0.261. The van der Waals surface area contributed by atoms with E-state index in [-0.39, 0.29) is 29.8 Å². The highest BCUT2D eigenvalue weighted by molar-refractivity contribution is 8.18. The number of carbonyl (C=O) groups excluding carboxylic acids is 3. The predicted molar refractivity (Wildman–Crippen MR) is 118 cm³/mol. The summed E-state index contributed by atoms with van der Waals surface area (Å²) in [6.45, 7) is 4.44. The van der Waals surface area contributed by atoms with Crippen LogP contribution in [0.15, 0.2) is 53.4 Å². The van der Waals surface area contributed by atoms with Crippen LogP contribution < -0.4 is 4.74 Å². The number of thioether (sulfide) groups is 1. The van der Waals surface area contributed by atoms with E-state index in [0.29, 0.717) is 30.0 Å². The second-order valence-corrected chi connectivity index (χ2v) is 7.74. The standard InChI is InChI=1S/C23H23FN2O4S/c1-3-25(4-2)21(27)14-26-22(28)20(31-23(26)29)13-16-9-6-8-12-19(16)30-15-17-10-5-7-11-18(17)24/h5-13H,3-4,14-15H2,1-2H3/b20-13-. The lowest BCUT2D eigenvalue weighted by atomic mass is 10.1. The summed E-state index contributed by atoms with van der Waals surface area (Å²) in [7, 11) is 0. The largest absolute Gasteiger partial charge is 0.488 e. The maximum absolute atomic E-state index is 13.9. The van der Waals surface area contributed by atoms with E-state index >= 15 is 0 Å². The number of halogens is 1. The molecule has 1 saturated heterocycles. The van der Waals surface area contributed by atoms with E-state index in [1.54, 1.807) is 53.4 Å². The van der Waals surface area contributed by atoms with Gasteiger partial charge in [-0.3, -0.25) is 19.3 Å². The van der Waals surface area contributed by atoms with Crippen LogP contribution in [0.3, 0.4) is 0 Å². The molecule has 1 aliphatic heterocycles. The monoisotopic (exact) mass is 442 g/mol. The molecule has 1 aliphatic rings. The maximum atomic E-state index is 13.9. The summed E-state index contributed by atoms with van der Waals surface area (Å²) < 4.78 is 19.6. The third kappa shape index (κ3) is 5.32. The Labute approximate surface area is 184 Å². The lowest BCUT2D eigenvalue weighted by Gasteiger charge is -2.21. The highest BCUT2D eigenvalue weighted by Gasteiger charge is 2.37. The van der Waals surface area contributed by atoms with Gasteiger partial charge < -0.3 is 9.64 Å². The average Bonchev–Trinajstić information content (AvgIpc) is 3.02. The fourth-order valence-corrected chi connectivity index (χ4v) is 3.92. The lowest BCUT2D eigenvalue weighted by Crippen LogP contribution is -2.41. The van der Waals surface area contributed by atoms with Crippen molar-refractivity contribution in [3.63, 3.8) is 0 Å². The molecular weight excluding hydrogens is 419 g/mol. The van der Waals surface area contributed by atoms with Gasteiger partial charge in [-0.15, -0.1) is 0 Å². The summed E-state index contributed by atoms with van der Waals surface area (Å²) in [5.41, 5.74) is 0.993. The summed E-state index contributed by atoms with van der Waals surface area (Å²) in [5, 5.41) is -0.485. The van der Waals surface area contributed by atoms with Crippen LogP contribution in [0.2, 0.25) is 0 Å². The lowest BCUT2D eigenvalue weighted by molar-refractivity contribution is -0.135. The molecule has 0 aliphatic carbocycles. The molecule has 8 heteroatoms. The first kappa shape index (κ1) is 22.6. The zero-order chi connectivity index (χ0) is 22.4. The van der Waals surface area contributed by atoms with Crippen molar-refractivity contribution in [1.29, 1.82) is 0 Å². The number of likely N-dealkylation sites (N-methyl/N-ethyl adjacent to an activating group) is 1. The number of imide groups is 1. The molecule has 31 heavy (non-hydrogen) atoms. The zero-order valence-corrected chi connectivity index (χ0v) is 18.2. The Balaban J connectivity index is 1.76. The highest BCUT2D eigenvalue weighted by Crippen LogP contribution is 2.34. The number of nitrogens with zero attached hydrogens (tertiary/aromatic N) is 2. The summed E-state index contributed by atoms with van der Waals surface area (Å²) in [4.78, 5) is 40.1. The molecule has 0 unspecified atom stereocenters. The number of hydrogen-bond donors (Lipinski definition) is 0. The topological polar surface area (TPSA) is 66.9 Å². The zero-order valence-electron chi connectivity index (χ0n) is 17.3. The molecular formula is C23H23FN2O4S. The van der Waals surface area contributed by atoms with Gasteiger partial charge in [0.25, 0.3) is 11.1 Å². The van der Waals surface area contributed by atoms with E-state index in [1.165, 1.54) is 6.07 Å². The van der Waals surface area contributed by atoms with Crippen molar-refractivity contribution in [1.82, 2.24) is 9.80 Å². The molecule has 0 N–H and O–H groups in total. The van der Waals surface area contributed by atoms with Gasteiger partial charge in [-0.25, -0.2) is 4.39 Å². The number of hydrogen-bond acceptors (Lipinski definition) is 5. The van der Waals surface area contributed by atoms with E-state index in [2.05, 4.69) is 0 Å². The molecule has 0 bridgehead atoms. The number of amides is 3. The van der Waals surface area contributed by atoms with Gasteiger partial charge in [-0.2, -0.15) is 0 Å². The van der Waals surface area contributed by atoms with Gasteiger partial charge in [-0.1, -0.05) is 36.4 Å². The Morgan fingerprint density at radius 3 is 2.48 bits per heavy atom. The Bertz CT molecular complexity index is 1020. The van der Waals surface area contributed by atoms with Crippen molar-refractivity contribution in [2.75, 3.05) is 19.6 Å². The van der Waals surface area contributed by atoms with Gasteiger partial charge in [0.2, 0.25) is 5.91 Å². The minimum absolute atomic E-state index is 0.0252. The van der Waals surface area contributed by atoms with Crippen molar-refractivity contribution in [3.05, 3.63) is 70.4 Å². The van der Waals surface area contributed by atoms with Crippen molar-refractivity contribution in [3.8, 4) is 5.75 Å². The first-order valence-corrected chi connectivity index (χ1v) is 10.7. The summed E-state index contributed by atoms with van der Waals surface area (Å²) in [6.07, 6.45) is 1.56. The van der Waals surface area contributed by atoms with Crippen LogP contribution in [0.4, 0.5) is 9.18 Å². The molecule has 0 atom stereocenters. The predicted octanol–water partition coefficient (Wildman–Crippen LogP) is 4.31. The second kappa shape index (κ2) is 10.3. The summed E-state index contributed by atoms with van der Waals surface area (Å²) >= 11 is 0.783. The molecule has 0 saturated carbocycles. The minimum atomic E-state index is -0.514. The van der Waals surface area contributed by atoms with E-state index in [4.69, 9.17) is 4.74 Å². The van der Waals surface area contributed by atoms with Crippen molar-refractivity contribution < 1.29 is 23.5 Å². The Morgan fingerprint density at radius 1 is 1.10 bits per heavy atom. The van der Waals surface area contributed by atoms with Crippen LogP contribution >= 0.6 is 11.8 Å². The molecule has 3 rings (SSSR count). The Morgan fingerprint density at radius 2 is 1.77 bits per heavy atom. The van der Waals surface area contributed by atoms with Crippen LogP contribution in [0.5, 0.6) is 5.75 Å². The molecule has 1 heterocycles. The fourth-order valence-electron chi connectivity index (χ4n) is 3.09. The number of carbonyl (C=O) groups is 3. The highest BCUT2D eigenvalue weighted by atomic mass is 32.2. The average molecular weight is 443 g/mol. The molecule has 0 radical (unpaired) electrons. The van der Waals surface area contributed by atoms with E-state index in [9.17, 15) is 18.8 Å². The van der Waals surface area contributed by atoms with Crippen LogP contribution in [-0.2, 0) is 16.2 Å². The molecule has 6 nitrogen and oxygen atoms in total. The second-order valence-electron chi connectivity index (χ2n) is 6.75. The third-order valence-corrected chi connectivity index (χ3v) is 5.74. The smallest absolute Gasteiger partial charge is 0.294 e. The van der Waals surface area contributed by atoms with Gasteiger partial charge in [-0.05, 0) is 43.8 Å². The molecule has 0 aromatic heterocycles. The molecule has 2 aromatic rings. The van der Waals surface area contributed by atoms with E-state index in [0.717, 1.165) is 16.7 Å². The van der Waals surface area contributed by atoms with Crippen LogP contribution in [0.25, 0.3) is 6.08 Å². The van der Waals surface area contributed by atoms with Gasteiger partial charge in [0, 0.05) is 24.2 Å². The van der Waals surface area contributed by atoms with Gasteiger partial charge in [0.05, 0.1) is 4.91 Å². The van der Waals surface area contributed by atoms with E-state index in [1.807, 2.05) is 13.8 Å². The molecule has 3 amide bonds. The number of ether oxygens (including phenoxy) is 1. The maximum Gasteiger partial charge on any atom is 0.294 e. The summed E-state index contributed by atoms with van der Waals surface area (Å²) in [6, 6.07) is 13.3. The first-order valence-electron chi connectivity index (χ1n) is 9.93. The van der Waals surface area contributed by atoms with Crippen molar-refractivity contribution >= 4 is 34.9 Å². The number of benzene rings is 2. The Kier molecular flexibility index (Phi) is 7.46. The molecule has 0 spiro atoms. The third-order valence-electron chi connectivity index (χ3n) is 4.83. The van der Waals surface area contributed by atoms with Gasteiger partial charge in [0.15, 0.2) is 0 Å². The SMILES string of the molecule is CCN(CC)C(=O)CN1C(=O)S/C(=C\c2ccccc2OCc2ccccc2F)C1=O. The van der Waals surface area contributed by atoms with Gasteiger partial charge in [0.1, 0.15) is 24.7 Å². The molecule has 2 aromatic carbocycles. The van der Waals surface area contributed by atoms with Gasteiger partial charge >= 0.3 is 0 Å². The van der Waals surface area contributed by atoms with Crippen LogP contribution in [-0.4, -0.2) is 46.5 Å². The number of para-hydroxylation sites is 1. The first-order chi connectivity index (χ1) is 14.9. The van der Waals surface area contributed by atoms with Crippen LogP contribution in [0, 0.1) is 5.82 Å². The quantitative estimate of drug-likeness (QED) is 0.570. The number of rotatable bonds is 8.